The van der Waals surface area contributed by atoms with Crippen LogP contribution in [-0.4, -0.2) is 77.4 Å². The number of amides is 4. The van der Waals surface area contributed by atoms with Gasteiger partial charge in [-0.05, 0) is 51.0 Å². The summed E-state index contributed by atoms with van der Waals surface area (Å²) in [5.74, 6) is -1.17. The summed E-state index contributed by atoms with van der Waals surface area (Å²) >= 11 is 0. The second-order valence-electron chi connectivity index (χ2n) is 11.1. The van der Waals surface area contributed by atoms with Gasteiger partial charge in [0.25, 0.3) is 5.91 Å². The van der Waals surface area contributed by atoms with E-state index in [9.17, 15) is 42.3 Å². The summed E-state index contributed by atoms with van der Waals surface area (Å²) < 4.78 is 50.8. The highest BCUT2D eigenvalue weighted by atomic mass is 19.4. The van der Waals surface area contributed by atoms with Crippen LogP contribution in [0.5, 0.6) is 0 Å². The number of hydrogen-bond acceptors (Lipinski definition) is 8. The fourth-order valence-electron chi connectivity index (χ4n) is 4.38. The second-order valence-corrected chi connectivity index (χ2v) is 11.1. The summed E-state index contributed by atoms with van der Waals surface area (Å²) in [4.78, 5) is 62.7. The highest BCUT2D eigenvalue weighted by Gasteiger charge is 2.36. The van der Waals surface area contributed by atoms with Crippen molar-refractivity contribution in [3.63, 3.8) is 0 Å². The highest BCUT2D eigenvalue weighted by molar-refractivity contribution is 6.03. The van der Waals surface area contributed by atoms with E-state index in [1.807, 2.05) is 0 Å². The van der Waals surface area contributed by atoms with Crippen molar-refractivity contribution in [1.82, 2.24) is 20.9 Å². The first-order valence-electron chi connectivity index (χ1n) is 13.7. The van der Waals surface area contributed by atoms with E-state index >= 15 is 0 Å². The lowest BCUT2D eigenvalue weighted by Gasteiger charge is -2.39. The Morgan fingerprint density at radius 3 is 2.33 bits per heavy atom. The molecule has 244 valence electrons. The third kappa shape index (κ3) is 10.7. The summed E-state index contributed by atoms with van der Waals surface area (Å²) in [7, 11) is 0. The van der Waals surface area contributed by atoms with Crippen molar-refractivity contribution < 1.29 is 51.7 Å². The van der Waals surface area contributed by atoms with E-state index in [1.165, 1.54) is 0 Å². The van der Waals surface area contributed by atoms with Crippen LogP contribution in [0.15, 0.2) is 48.5 Å². The normalized spacial score (nSPS) is 17.4. The number of anilines is 1. The highest BCUT2D eigenvalue weighted by Crippen LogP contribution is 2.32. The summed E-state index contributed by atoms with van der Waals surface area (Å²) in [5.41, 5.74) is -2.37. The lowest BCUT2D eigenvalue weighted by molar-refractivity contribution is -0.137. The fraction of sp³-hybridized carbons (Fsp3) is 0.414. The molecule has 3 atom stereocenters. The molecule has 1 aliphatic rings. The molecule has 1 fully saturated rings. The Balaban J connectivity index is 1.77. The van der Waals surface area contributed by atoms with Crippen molar-refractivity contribution in [2.24, 2.45) is 0 Å². The zero-order valence-corrected chi connectivity index (χ0v) is 24.6. The van der Waals surface area contributed by atoms with E-state index in [2.05, 4.69) is 21.3 Å². The van der Waals surface area contributed by atoms with Crippen molar-refractivity contribution in [3.05, 3.63) is 65.2 Å². The molecule has 0 saturated carbocycles. The smallest absolute Gasteiger partial charge is 0.416 e. The minimum absolute atomic E-state index is 0.0393. The predicted octanol–water partition coefficient (Wildman–Crippen LogP) is 3.94. The number of carboxylic acid groups (broad SMARTS) is 1. The van der Waals surface area contributed by atoms with Crippen LogP contribution in [0.3, 0.4) is 0 Å². The van der Waals surface area contributed by atoms with E-state index in [4.69, 9.17) is 9.47 Å². The molecule has 1 unspecified atom stereocenters. The zero-order chi connectivity index (χ0) is 33.4. The van der Waals surface area contributed by atoms with Gasteiger partial charge in [0, 0.05) is 19.1 Å². The molecule has 4 amide bonds. The predicted molar refractivity (Wildman–Crippen MR) is 153 cm³/mol. The number of nitrogens with zero attached hydrogens (tertiary/aromatic N) is 1. The van der Waals surface area contributed by atoms with Gasteiger partial charge < -0.3 is 30.1 Å². The van der Waals surface area contributed by atoms with Gasteiger partial charge in [0.15, 0.2) is 6.29 Å². The van der Waals surface area contributed by atoms with Crippen LogP contribution < -0.4 is 21.3 Å². The molecule has 5 N–H and O–H groups in total. The van der Waals surface area contributed by atoms with Gasteiger partial charge in [-0.3, -0.25) is 20.2 Å². The Morgan fingerprint density at radius 2 is 1.73 bits per heavy atom. The molecule has 0 aromatic heterocycles. The van der Waals surface area contributed by atoms with Crippen LogP contribution in [0.1, 0.15) is 48.7 Å². The second kappa shape index (κ2) is 14.7. The number of carbonyl (C=O) groups excluding carboxylic acids is 4. The maximum atomic E-state index is 13.5. The van der Waals surface area contributed by atoms with Gasteiger partial charge >= 0.3 is 24.5 Å². The van der Waals surface area contributed by atoms with Crippen LogP contribution in [0.2, 0.25) is 0 Å². The van der Waals surface area contributed by atoms with Crippen molar-refractivity contribution in [2.75, 3.05) is 18.4 Å². The molecule has 13 nitrogen and oxygen atoms in total. The minimum Gasteiger partial charge on any atom is -0.465 e. The topological polar surface area (TPSA) is 175 Å². The number of carbonyl (C=O) groups is 5. The SMILES string of the molecule is CC(C)(C)OC(=O)Nc1ccc(C(F)(F)F)cc1C(=O)NC(C=O)N[C@@H]1CN(C(=O)O)CC[C@@H]1NC(=O)OCc1ccccc1. The number of hydrogen-bond donors (Lipinski definition) is 5. The van der Waals surface area contributed by atoms with Gasteiger partial charge in [0.1, 0.15) is 18.4 Å². The molecule has 0 spiro atoms. The molecule has 1 heterocycles. The van der Waals surface area contributed by atoms with Crippen LogP contribution in [0.4, 0.5) is 33.2 Å². The van der Waals surface area contributed by atoms with Crippen LogP contribution in [-0.2, 0) is 27.1 Å². The Labute approximate surface area is 256 Å². The summed E-state index contributed by atoms with van der Waals surface area (Å²) in [6, 6.07) is 9.17. The van der Waals surface area contributed by atoms with Crippen molar-refractivity contribution in [1.29, 1.82) is 0 Å². The van der Waals surface area contributed by atoms with Crippen LogP contribution in [0.25, 0.3) is 0 Å². The van der Waals surface area contributed by atoms with Crippen molar-refractivity contribution in [2.45, 2.75) is 63.8 Å². The molecule has 0 bridgehead atoms. The first kappa shape index (κ1) is 34.6. The number of likely N-dealkylation sites (tertiary alicyclic amines) is 1. The van der Waals surface area contributed by atoms with Crippen molar-refractivity contribution in [3.8, 4) is 0 Å². The molecule has 0 radical (unpaired) electrons. The Hall–Kier alpha value is -4.86. The number of ether oxygens (including phenoxy) is 2. The molecule has 45 heavy (non-hydrogen) atoms. The number of nitrogens with one attached hydrogen (secondary N) is 4. The molecule has 2 aromatic rings. The third-order valence-electron chi connectivity index (χ3n) is 6.44. The number of aldehydes is 1. The van der Waals surface area contributed by atoms with E-state index in [1.54, 1.807) is 51.1 Å². The first-order valence-corrected chi connectivity index (χ1v) is 13.7. The average Bonchev–Trinajstić information content (AvgIpc) is 2.95. The molecule has 1 saturated heterocycles. The number of alkyl carbamates (subject to hydrolysis) is 1. The van der Waals surface area contributed by atoms with Gasteiger partial charge in [0.05, 0.1) is 22.9 Å². The zero-order valence-electron chi connectivity index (χ0n) is 24.6. The largest absolute Gasteiger partial charge is 0.465 e. The van der Waals surface area contributed by atoms with Gasteiger partial charge in [-0.15, -0.1) is 0 Å². The van der Waals surface area contributed by atoms with E-state index in [0.717, 1.165) is 16.5 Å². The van der Waals surface area contributed by atoms with E-state index in [-0.39, 0.29) is 38.1 Å². The quantitative estimate of drug-likeness (QED) is 0.201. The maximum Gasteiger partial charge on any atom is 0.416 e. The molecule has 16 heteroatoms. The Bertz CT molecular complexity index is 1380. The minimum atomic E-state index is -4.84. The number of benzene rings is 2. The fourth-order valence-corrected chi connectivity index (χ4v) is 4.38. The van der Waals surface area contributed by atoms with E-state index in [0.29, 0.717) is 12.1 Å². The van der Waals surface area contributed by atoms with Crippen LogP contribution in [0, 0.1) is 0 Å². The standard InChI is InChI=1S/C29H34F3N5O8/c1-28(2,3)45-26(41)34-20-10-9-18(29(30,31)32)13-19(20)24(39)36-23(15-38)33-22-14-37(27(42)43)12-11-21(22)35-25(40)44-16-17-7-5-4-6-8-17/h4-10,13,15,21-23,33H,11-12,14,16H2,1-3H3,(H,34,41)(H,35,40)(H,36,39)(H,42,43)/t21-,22+,23?/m0/s1. The number of halogens is 3. The molecule has 1 aliphatic heterocycles. The summed E-state index contributed by atoms with van der Waals surface area (Å²) in [6.45, 7) is 4.48. The molecule has 2 aromatic carbocycles. The molecular formula is C29H34F3N5O8. The Kier molecular flexibility index (Phi) is 11.3. The lowest BCUT2D eigenvalue weighted by Crippen LogP contribution is -2.64. The molecule has 3 rings (SSSR count). The van der Waals surface area contributed by atoms with Gasteiger partial charge in [-0.2, -0.15) is 13.2 Å². The maximum absolute atomic E-state index is 13.5. The van der Waals surface area contributed by atoms with E-state index < -0.39 is 65.3 Å². The Morgan fingerprint density at radius 1 is 1.04 bits per heavy atom. The lowest BCUT2D eigenvalue weighted by atomic mass is 9.99. The van der Waals surface area contributed by atoms with Crippen molar-refractivity contribution >= 4 is 36.2 Å². The number of alkyl halides is 3. The molecular weight excluding hydrogens is 603 g/mol. The van der Waals surface area contributed by atoms with Gasteiger partial charge in [0.2, 0.25) is 0 Å². The van der Waals surface area contributed by atoms with Gasteiger partial charge in [-0.25, -0.2) is 14.4 Å². The first-order chi connectivity index (χ1) is 21.1. The number of rotatable bonds is 9. The monoisotopic (exact) mass is 637 g/mol. The summed E-state index contributed by atoms with van der Waals surface area (Å²) in [5, 5.41) is 19.4. The molecule has 0 aliphatic carbocycles. The third-order valence-corrected chi connectivity index (χ3v) is 6.44. The number of piperidine rings is 1. The summed E-state index contributed by atoms with van der Waals surface area (Å²) in [6.07, 6.45) is -9.14. The van der Waals surface area contributed by atoms with Crippen LogP contribution >= 0.6 is 0 Å². The average molecular weight is 638 g/mol. The van der Waals surface area contributed by atoms with Gasteiger partial charge in [-0.1, -0.05) is 30.3 Å².